The summed E-state index contributed by atoms with van der Waals surface area (Å²) in [7, 11) is 0. The summed E-state index contributed by atoms with van der Waals surface area (Å²) in [6, 6.07) is 16.1. The first-order valence-electron chi connectivity index (χ1n) is 11.9. The van der Waals surface area contributed by atoms with Gasteiger partial charge in [-0.05, 0) is 61.1 Å². The monoisotopic (exact) mass is 439 g/mol. The first-order chi connectivity index (χ1) is 15.6. The standard InChI is InChI=1S/C28H38FNO2/c1-5-12-23(17-22(6-2)19-29)20-30(7-3)21-26-18-25(28(31)32-8-4)15-16-27(26)24-13-10-9-11-14-24/h9-16,18,22H,5-8,17,19-21H2,1-4H3/b23-12+. The van der Waals surface area contributed by atoms with E-state index in [0.29, 0.717) is 18.7 Å². The third kappa shape index (κ3) is 7.59. The largest absolute Gasteiger partial charge is 0.462 e. The molecule has 0 radical (unpaired) electrons. The number of hydrogen-bond acceptors (Lipinski definition) is 3. The van der Waals surface area contributed by atoms with Gasteiger partial charge in [0, 0.05) is 13.1 Å². The molecule has 0 fully saturated rings. The van der Waals surface area contributed by atoms with Crippen LogP contribution in [-0.2, 0) is 11.3 Å². The second-order valence-corrected chi connectivity index (χ2v) is 8.17. The summed E-state index contributed by atoms with van der Waals surface area (Å²) in [5.41, 5.74) is 5.21. The van der Waals surface area contributed by atoms with Gasteiger partial charge in [-0.2, -0.15) is 0 Å². The number of carbonyl (C=O) groups is 1. The minimum atomic E-state index is -0.295. The van der Waals surface area contributed by atoms with E-state index in [1.807, 2.05) is 43.3 Å². The van der Waals surface area contributed by atoms with Crippen molar-refractivity contribution in [2.24, 2.45) is 5.92 Å². The zero-order valence-electron chi connectivity index (χ0n) is 20.1. The van der Waals surface area contributed by atoms with E-state index in [0.717, 1.165) is 49.0 Å². The minimum Gasteiger partial charge on any atom is -0.462 e. The van der Waals surface area contributed by atoms with E-state index in [1.165, 1.54) is 5.57 Å². The molecule has 0 heterocycles. The summed E-state index contributed by atoms with van der Waals surface area (Å²) in [6.45, 7) is 10.6. The Morgan fingerprint density at radius 3 is 2.44 bits per heavy atom. The molecule has 2 rings (SSSR count). The molecule has 4 heteroatoms. The maximum Gasteiger partial charge on any atom is 0.338 e. The SMILES string of the molecule is CC/C=C(\CC(CC)CF)CN(CC)Cc1cc(C(=O)OCC)ccc1-c1ccccc1. The van der Waals surface area contributed by atoms with Gasteiger partial charge in [-0.25, -0.2) is 4.79 Å². The van der Waals surface area contributed by atoms with Gasteiger partial charge in [-0.3, -0.25) is 9.29 Å². The van der Waals surface area contributed by atoms with Crippen LogP contribution in [0.2, 0.25) is 0 Å². The molecule has 2 aromatic carbocycles. The van der Waals surface area contributed by atoms with Crippen LogP contribution in [0.3, 0.4) is 0 Å². The molecule has 0 saturated heterocycles. The van der Waals surface area contributed by atoms with Gasteiger partial charge in [0.05, 0.1) is 18.8 Å². The van der Waals surface area contributed by atoms with Gasteiger partial charge in [0.2, 0.25) is 0 Å². The molecule has 0 aliphatic carbocycles. The fraction of sp³-hybridized carbons (Fsp3) is 0.464. The molecule has 0 aromatic heterocycles. The van der Waals surface area contributed by atoms with E-state index in [9.17, 15) is 9.18 Å². The molecule has 0 N–H and O–H groups in total. The number of carbonyl (C=O) groups excluding carboxylic acids is 1. The molecule has 3 nitrogen and oxygen atoms in total. The van der Waals surface area contributed by atoms with Crippen LogP contribution in [-0.4, -0.2) is 37.2 Å². The molecule has 0 amide bonds. The molecule has 0 aliphatic heterocycles. The highest BCUT2D eigenvalue weighted by Crippen LogP contribution is 2.27. The average Bonchev–Trinajstić information content (AvgIpc) is 2.82. The van der Waals surface area contributed by atoms with Crippen LogP contribution in [0.1, 0.15) is 62.9 Å². The lowest BCUT2D eigenvalue weighted by Gasteiger charge is -2.25. The quantitative estimate of drug-likeness (QED) is 0.247. The van der Waals surface area contributed by atoms with Crippen molar-refractivity contribution in [2.45, 2.75) is 53.5 Å². The van der Waals surface area contributed by atoms with E-state index < -0.39 is 0 Å². The third-order valence-corrected chi connectivity index (χ3v) is 5.81. The molecule has 0 saturated carbocycles. The Kier molecular flexibility index (Phi) is 11.2. The molecule has 0 bridgehead atoms. The molecule has 1 unspecified atom stereocenters. The Balaban J connectivity index is 2.34. The van der Waals surface area contributed by atoms with Crippen molar-refractivity contribution in [2.75, 3.05) is 26.4 Å². The highest BCUT2D eigenvalue weighted by atomic mass is 19.1. The molecular formula is C28H38FNO2. The minimum absolute atomic E-state index is 0.0820. The summed E-state index contributed by atoms with van der Waals surface area (Å²) < 4.78 is 18.6. The van der Waals surface area contributed by atoms with Gasteiger partial charge >= 0.3 is 5.97 Å². The van der Waals surface area contributed by atoms with E-state index in [1.54, 1.807) is 0 Å². The van der Waals surface area contributed by atoms with Crippen molar-refractivity contribution in [3.05, 3.63) is 71.3 Å². The Bertz CT molecular complexity index is 859. The fourth-order valence-corrected chi connectivity index (χ4v) is 3.95. The number of rotatable bonds is 13. The predicted octanol–water partition coefficient (Wildman–Crippen LogP) is 7.07. The summed E-state index contributed by atoms with van der Waals surface area (Å²) in [5.74, 6) is -0.213. The zero-order valence-corrected chi connectivity index (χ0v) is 20.1. The van der Waals surface area contributed by atoms with E-state index in [4.69, 9.17) is 4.74 Å². The summed E-state index contributed by atoms with van der Waals surface area (Å²) >= 11 is 0. The van der Waals surface area contributed by atoms with Crippen LogP contribution in [0.4, 0.5) is 4.39 Å². The Morgan fingerprint density at radius 1 is 1.09 bits per heavy atom. The fourth-order valence-electron chi connectivity index (χ4n) is 3.95. The summed E-state index contributed by atoms with van der Waals surface area (Å²) in [6.07, 6.45) is 4.84. The summed E-state index contributed by atoms with van der Waals surface area (Å²) in [5, 5.41) is 0. The van der Waals surface area contributed by atoms with E-state index in [2.05, 4.69) is 43.9 Å². The second kappa shape index (κ2) is 13.8. The predicted molar refractivity (Wildman–Crippen MR) is 132 cm³/mol. The number of ether oxygens (including phenoxy) is 1. The highest BCUT2D eigenvalue weighted by molar-refractivity contribution is 5.90. The molecule has 1 atom stereocenters. The number of alkyl halides is 1. The number of hydrogen-bond donors (Lipinski definition) is 0. The lowest BCUT2D eigenvalue weighted by atomic mass is 9.95. The average molecular weight is 440 g/mol. The normalized spacial score (nSPS) is 12.8. The smallest absolute Gasteiger partial charge is 0.338 e. The topological polar surface area (TPSA) is 29.5 Å². The number of nitrogens with zero attached hydrogens (tertiary/aromatic N) is 1. The number of halogens is 1. The van der Waals surface area contributed by atoms with Crippen LogP contribution in [0, 0.1) is 5.92 Å². The number of esters is 1. The number of likely N-dealkylation sites (N-methyl/N-ethyl adjacent to an activating group) is 1. The van der Waals surface area contributed by atoms with Gasteiger partial charge in [-0.1, -0.05) is 75.2 Å². The molecule has 0 spiro atoms. The van der Waals surface area contributed by atoms with Crippen LogP contribution in [0.25, 0.3) is 11.1 Å². The Morgan fingerprint density at radius 2 is 1.84 bits per heavy atom. The van der Waals surface area contributed by atoms with Crippen molar-refractivity contribution >= 4 is 5.97 Å². The van der Waals surface area contributed by atoms with Crippen LogP contribution in [0.15, 0.2) is 60.2 Å². The maximum absolute atomic E-state index is 13.4. The van der Waals surface area contributed by atoms with Crippen molar-refractivity contribution in [1.29, 1.82) is 0 Å². The van der Waals surface area contributed by atoms with Crippen LogP contribution < -0.4 is 0 Å². The molecule has 0 aliphatic rings. The van der Waals surface area contributed by atoms with Crippen molar-refractivity contribution in [3.8, 4) is 11.1 Å². The Labute approximate surface area is 193 Å². The highest BCUT2D eigenvalue weighted by Gasteiger charge is 2.16. The first kappa shape index (κ1) is 25.8. The summed E-state index contributed by atoms with van der Waals surface area (Å²) in [4.78, 5) is 14.7. The van der Waals surface area contributed by atoms with Gasteiger partial charge in [0.15, 0.2) is 0 Å². The van der Waals surface area contributed by atoms with Crippen molar-refractivity contribution in [3.63, 3.8) is 0 Å². The molecule has 174 valence electrons. The van der Waals surface area contributed by atoms with Crippen LogP contribution >= 0.6 is 0 Å². The second-order valence-electron chi connectivity index (χ2n) is 8.17. The van der Waals surface area contributed by atoms with E-state index in [-0.39, 0.29) is 18.6 Å². The maximum atomic E-state index is 13.4. The molecule has 32 heavy (non-hydrogen) atoms. The molecule has 2 aromatic rings. The first-order valence-corrected chi connectivity index (χ1v) is 11.9. The van der Waals surface area contributed by atoms with Crippen molar-refractivity contribution in [1.82, 2.24) is 4.90 Å². The Hall–Kier alpha value is -2.46. The number of benzene rings is 2. The number of allylic oxidation sites excluding steroid dienone is 1. The molecular weight excluding hydrogens is 401 g/mol. The zero-order chi connectivity index (χ0) is 23.3. The lowest BCUT2D eigenvalue weighted by molar-refractivity contribution is 0.0526. The van der Waals surface area contributed by atoms with Gasteiger partial charge < -0.3 is 4.74 Å². The van der Waals surface area contributed by atoms with Gasteiger partial charge in [-0.15, -0.1) is 0 Å². The van der Waals surface area contributed by atoms with E-state index >= 15 is 0 Å². The third-order valence-electron chi connectivity index (χ3n) is 5.81. The van der Waals surface area contributed by atoms with Gasteiger partial charge in [0.1, 0.15) is 0 Å². The van der Waals surface area contributed by atoms with Crippen molar-refractivity contribution < 1.29 is 13.9 Å². The lowest BCUT2D eigenvalue weighted by Crippen LogP contribution is -2.26. The van der Waals surface area contributed by atoms with Crippen LogP contribution in [0.5, 0.6) is 0 Å². The van der Waals surface area contributed by atoms with Gasteiger partial charge in [0.25, 0.3) is 0 Å².